The maximum atomic E-state index is 11.7. The predicted octanol–water partition coefficient (Wildman–Crippen LogP) is 1.50. The van der Waals surface area contributed by atoms with Crippen molar-refractivity contribution in [1.82, 2.24) is 4.90 Å². The molecule has 120 valence electrons. The van der Waals surface area contributed by atoms with Gasteiger partial charge < -0.3 is 16.0 Å². The molecule has 1 heterocycles. The third-order valence-corrected chi connectivity index (χ3v) is 4.48. The van der Waals surface area contributed by atoms with Crippen LogP contribution in [0.2, 0.25) is 0 Å². The average Bonchev–Trinajstić information content (AvgIpc) is 3.32. The molecule has 0 radical (unpaired) electrons. The second-order valence-corrected chi connectivity index (χ2v) is 6.56. The highest BCUT2D eigenvalue weighted by molar-refractivity contribution is 5.94. The fraction of sp³-hybridized carbons (Fsp3) is 0.588. The van der Waals surface area contributed by atoms with Crippen molar-refractivity contribution in [3.63, 3.8) is 0 Å². The van der Waals surface area contributed by atoms with Crippen molar-refractivity contribution in [2.45, 2.75) is 25.8 Å². The summed E-state index contributed by atoms with van der Waals surface area (Å²) in [4.78, 5) is 16.7. The molecule has 3 N–H and O–H groups in total. The molecule has 22 heavy (non-hydrogen) atoms. The van der Waals surface area contributed by atoms with Crippen LogP contribution in [0.4, 0.5) is 11.4 Å². The van der Waals surface area contributed by atoms with Crippen LogP contribution >= 0.6 is 0 Å². The molecule has 1 aromatic rings. The van der Waals surface area contributed by atoms with Crippen molar-refractivity contribution in [1.29, 1.82) is 0 Å². The largest absolute Gasteiger partial charge is 0.369 e. The lowest BCUT2D eigenvalue weighted by molar-refractivity contribution is -0.117. The highest BCUT2D eigenvalue weighted by atomic mass is 16.2. The topological polar surface area (TPSA) is 61.6 Å². The monoisotopic (exact) mass is 302 g/mol. The fourth-order valence-corrected chi connectivity index (χ4v) is 2.89. The van der Waals surface area contributed by atoms with Crippen molar-refractivity contribution in [3.05, 3.63) is 24.3 Å². The zero-order chi connectivity index (χ0) is 15.5. The maximum absolute atomic E-state index is 11.7. The third kappa shape index (κ3) is 3.99. The van der Waals surface area contributed by atoms with E-state index in [0.717, 1.165) is 37.8 Å². The van der Waals surface area contributed by atoms with Crippen LogP contribution in [0.1, 0.15) is 19.8 Å². The van der Waals surface area contributed by atoms with Crippen LogP contribution in [0.15, 0.2) is 24.3 Å². The molecule has 2 fully saturated rings. The van der Waals surface area contributed by atoms with Crippen LogP contribution in [-0.2, 0) is 4.79 Å². The quantitative estimate of drug-likeness (QED) is 0.865. The molecule has 1 atom stereocenters. The summed E-state index contributed by atoms with van der Waals surface area (Å²) in [6.45, 7) is 7.34. The van der Waals surface area contributed by atoms with Crippen LogP contribution < -0.4 is 16.0 Å². The Hall–Kier alpha value is -1.59. The molecule has 1 aliphatic heterocycles. The molecule has 2 aliphatic rings. The summed E-state index contributed by atoms with van der Waals surface area (Å²) < 4.78 is 0. The number of amides is 1. The van der Waals surface area contributed by atoms with Crippen molar-refractivity contribution in [2.75, 3.05) is 42.9 Å². The first kappa shape index (κ1) is 15.3. The molecule has 3 rings (SSSR count). The van der Waals surface area contributed by atoms with Gasteiger partial charge in [-0.25, -0.2) is 0 Å². The average molecular weight is 302 g/mol. The van der Waals surface area contributed by atoms with E-state index in [0.29, 0.717) is 0 Å². The number of nitrogens with zero attached hydrogens (tertiary/aromatic N) is 2. The van der Waals surface area contributed by atoms with Crippen LogP contribution in [0, 0.1) is 5.92 Å². The van der Waals surface area contributed by atoms with Crippen molar-refractivity contribution in [3.8, 4) is 0 Å². The minimum atomic E-state index is -0.491. The predicted molar refractivity (Wildman–Crippen MR) is 90.1 cm³/mol. The molecule has 1 aliphatic carbocycles. The number of benzene rings is 1. The first-order valence-electron chi connectivity index (χ1n) is 8.25. The van der Waals surface area contributed by atoms with Gasteiger partial charge in [-0.2, -0.15) is 0 Å². The molecule has 5 nitrogen and oxygen atoms in total. The standard InChI is InChI=1S/C17H26N4O/c1-13(18)17(22)19-15-3-2-4-16(11-15)21-9-7-20(8-10-21)12-14-5-6-14/h2-4,11,13-14H,5-10,12,18H2,1H3,(H,19,22). The minimum Gasteiger partial charge on any atom is -0.369 e. The smallest absolute Gasteiger partial charge is 0.240 e. The van der Waals surface area contributed by atoms with Gasteiger partial charge in [0.1, 0.15) is 0 Å². The van der Waals surface area contributed by atoms with Gasteiger partial charge in [-0.3, -0.25) is 9.69 Å². The minimum absolute atomic E-state index is 0.147. The lowest BCUT2D eigenvalue weighted by Crippen LogP contribution is -2.47. The van der Waals surface area contributed by atoms with Gasteiger partial charge in [0.25, 0.3) is 0 Å². The van der Waals surface area contributed by atoms with Crippen molar-refractivity contribution >= 4 is 17.3 Å². The summed E-state index contributed by atoms with van der Waals surface area (Å²) in [5, 5.41) is 2.86. The molecule has 0 spiro atoms. The second kappa shape index (κ2) is 6.67. The summed E-state index contributed by atoms with van der Waals surface area (Å²) in [6, 6.07) is 7.56. The van der Waals surface area contributed by atoms with Crippen molar-refractivity contribution < 1.29 is 4.79 Å². The van der Waals surface area contributed by atoms with Gasteiger partial charge in [-0.15, -0.1) is 0 Å². The van der Waals surface area contributed by atoms with Crippen LogP contribution in [0.25, 0.3) is 0 Å². The number of carbonyl (C=O) groups excluding carboxylic acids is 1. The highest BCUT2D eigenvalue weighted by Crippen LogP contribution is 2.30. The molecular weight excluding hydrogens is 276 g/mol. The van der Waals surface area contributed by atoms with Crippen molar-refractivity contribution in [2.24, 2.45) is 11.7 Å². The SMILES string of the molecule is CC(N)C(=O)Nc1cccc(N2CCN(CC3CC3)CC2)c1. The summed E-state index contributed by atoms with van der Waals surface area (Å²) in [5.74, 6) is 0.815. The molecule has 1 unspecified atom stereocenters. The number of piperazine rings is 1. The summed E-state index contributed by atoms with van der Waals surface area (Å²) in [6.07, 6.45) is 2.84. The normalized spacial score (nSPS) is 20.7. The Labute approximate surface area is 132 Å². The Morgan fingerprint density at radius 2 is 2.05 bits per heavy atom. The molecule has 0 bridgehead atoms. The first-order valence-corrected chi connectivity index (χ1v) is 8.25. The number of nitrogens with one attached hydrogen (secondary N) is 1. The Balaban J connectivity index is 1.56. The molecule has 5 heteroatoms. The van der Waals surface area contributed by atoms with E-state index in [1.165, 1.54) is 25.1 Å². The van der Waals surface area contributed by atoms with Gasteiger partial charge in [0.15, 0.2) is 0 Å². The second-order valence-electron chi connectivity index (χ2n) is 6.56. The van der Waals surface area contributed by atoms with Crippen LogP contribution in [-0.4, -0.2) is 49.6 Å². The van der Waals surface area contributed by atoms with E-state index in [1.807, 2.05) is 18.2 Å². The van der Waals surface area contributed by atoms with E-state index < -0.39 is 6.04 Å². The Morgan fingerprint density at radius 1 is 1.32 bits per heavy atom. The summed E-state index contributed by atoms with van der Waals surface area (Å²) >= 11 is 0. The number of anilines is 2. The zero-order valence-electron chi connectivity index (χ0n) is 13.3. The van der Waals surface area contributed by atoms with E-state index >= 15 is 0 Å². The molecule has 1 aromatic carbocycles. The number of hydrogen-bond donors (Lipinski definition) is 2. The number of rotatable bonds is 5. The Bertz CT molecular complexity index is 519. The van der Waals surface area contributed by atoms with E-state index in [-0.39, 0.29) is 5.91 Å². The molecule has 1 amide bonds. The maximum Gasteiger partial charge on any atom is 0.240 e. The van der Waals surface area contributed by atoms with Gasteiger partial charge in [0, 0.05) is 44.1 Å². The summed E-state index contributed by atoms with van der Waals surface area (Å²) in [5.41, 5.74) is 7.59. The number of hydrogen-bond acceptors (Lipinski definition) is 4. The van der Waals surface area contributed by atoms with Gasteiger partial charge in [-0.1, -0.05) is 6.07 Å². The van der Waals surface area contributed by atoms with Gasteiger partial charge in [0.2, 0.25) is 5.91 Å². The number of carbonyl (C=O) groups is 1. The van der Waals surface area contributed by atoms with E-state index in [9.17, 15) is 4.79 Å². The zero-order valence-corrected chi connectivity index (χ0v) is 13.3. The fourth-order valence-electron chi connectivity index (χ4n) is 2.89. The van der Waals surface area contributed by atoms with Crippen LogP contribution in [0.3, 0.4) is 0 Å². The molecule has 1 saturated heterocycles. The number of nitrogens with two attached hydrogens (primary N) is 1. The molecular formula is C17H26N4O. The molecule has 1 saturated carbocycles. The lowest BCUT2D eigenvalue weighted by atomic mass is 10.2. The van der Waals surface area contributed by atoms with E-state index in [1.54, 1.807) is 6.92 Å². The molecule has 0 aromatic heterocycles. The summed E-state index contributed by atoms with van der Waals surface area (Å²) in [7, 11) is 0. The van der Waals surface area contributed by atoms with Gasteiger partial charge in [0.05, 0.1) is 6.04 Å². The lowest BCUT2D eigenvalue weighted by Gasteiger charge is -2.36. The van der Waals surface area contributed by atoms with E-state index in [4.69, 9.17) is 5.73 Å². The van der Waals surface area contributed by atoms with Gasteiger partial charge >= 0.3 is 0 Å². The van der Waals surface area contributed by atoms with E-state index in [2.05, 4.69) is 21.2 Å². The Kier molecular flexibility index (Phi) is 4.64. The van der Waals surface area contributed by atoms with Crippen LogP contribution in [0.5, 0.6) is 0 Å². The Morgan fingerprint density at radius 3 is 2.68 bits per heavy atom. The first-order chi connectivity index (χ1) is 10.6. The highest BCUT2D eigenvalue weighted by Gasteiger charge is 2.26. The van der Waals surface area contributed by atoms with Gasteiger partial charge in [-0.05, 0) is 43.9 Å². The third-order valence-electron chi connectivity index (χ3n) is 4.48.